The molecule has 0 spiro atoms. The Morgan fingerprint density at radius 2 is 1.83 bits per heavy atom. The highest BCUT2D eigenvalue weighted by Gasteiger charge is 2.44. The highest BCUT2D eigenvalue weighted by Crippen LogP contribution is 2.34. The van der Waals surface area contributed by atoms with Gasteiger partial charge in [0.2, 0.25) is 0 Å². The Hall–Kier alpha value is -0.660. The van der Waals surface area contributed by atoms with Crippen molar-refractivity contribution in [2.75, 3.05) is 6.61 Å². The van der Waals surface area contributed by atoms with Crippen LogP contribution in [-0.4, -0.2) is 51.8 Å². The zero-order chi connectivity index (χ0) is 13.1. The molecule has 0 amide bonds. The number of aliphatic hydroxyl groups is 3. The van der Waals surface area contributed by atoms with E-state index in [4.69, 9.17) is 9.84 Å². The normalized spacial score (nSPS) is 36.6. The summed E-state index contributed by atoms with van der Waals surface area (Å²) in [6.45, 7) is -0.486. The number of aliphatic hydroxyl groups excluding tert-OH is 3. The molecule has 1 saturated heterocycles. The number of rotatable bonds is 3. The lowest BCUT2D eigenvalue weighted by atomic mass is 10.0. The minimum Gasteiger partial charge on any atom is -0.394 e. The Balaban J connectivity index is 2.08. The molecule has 0 saturated carbocycles. The monoisotopic (exact) mass is 274 g/mol. The van der Waals surface area contributed by atoms with Crippen LogP contribution >= 0.6 is 11.8 Å². The molecule has 0 unspecified atom stereocenters. The Labute approximate surface area is 108 Å². The van der Waals surface area contributed by atoms with E-state index in [-0.39, 0.29) is 0 Å². The van der Waals surface area contributed by atoms with E-state index < -0.39 is 36.5 Å². The van der Waals surface area contributed by atoms with Crippen molar-refractivity contribution >= 4 is 11.8 Å². The Morgan fingerprint density at radius 3 is 2.44 bits per heavy atom. The molecule has 18 heavy (non-hydrogen) atoms. The zero-order valence-corrected chi connectivity index (χ0v) is 10.3. The SMILES string of the molecule is OC[C@H]1O[C@@H](Sc2ccccc2)[C@H](O)[C@@H](F)[C@@H]1O. The molecule has 5 atom stereocenters. The number of benzene rings is 1. The molecule has 0 aromatic heterocycles. The van der Waals surface area contributed by atoms with Crippen LogP contribution in [0.15, 0.2) is 35.2 Å². The maximum Gasteiger partial charge on any atom is 0.158 e. The van der Waals surface area contributed by atoms with E-state index in [0.717, 1.165) is 16.7 Å². The van der Waals surface area contributed by atoms with Crippen LogP contribution in [-0.2, 0) is 4.74 Å². The van der Waals surface area contributed by atoms with Crippen molar-refractivity contribution in [2.45, 2.75) is 34.8 Å². The zero-order valence-electron chi connectivity index (χ0n) is 9.52. The largest absolute Gasteiger partial charge is 0.394 e. The molecule has 1 heterocycles. The standard InChI is InChI=1S/C12H15FO4S/c13-9-10(15)8(6-14)17-12(11(9)16)18-7-4-2-1-3-5-7/h1-5,8-12,14-16H,6H2/t8-,9+,10-,11-,12+/m1/s1. The van der Waals surface area contributed by atoms with Gasteiger partial charge in [-0.25, -0.2) is 4.39 Å². The number of hydrogen-bond donors (Lipinski definition) is 3. The highest BCUT2D eigenvalue weighted by molar-refractivity contribution is 7.99. The molecule has 1 fully saturated rings. The number of alkyl halides is 1. The topological polar surface area (TPSA) is 69.9 Å². The molecule has 2 rings (SSSR count). The third-order valence-corrected chi connectivity index (χ3v) is 3.96. The lowest BCUT2D eigenvalue weighted by Gasteiger charge is -2.38. The first kappa shape index (κ1) is 13.8. The van der Waals surface area contributed by atoms with Gasteiger partial charge in [-0.2, -0.15) is 0 Å². The van der Waals surface area contributed by atoms with E-state index in [0.29, 0.717) is 0 Å². The Kier molecular flexibility index (Phi) is 4.58. The number of thioether (sulfide) groups is 1. The van der Waals surface area contributed by atoms with Crippen LogP contribution in [0.5, 0.6) is 0 Å². The van der Waals surface area contributed by atoms with Gasteiger partial charge in [0.05, 0.1) is 6.61 Å². The quantitative estimate of drug-likeness (QED) is 0.751. The van der Waals surface area contributed by atoms with Crippen molar-refractivity contribution in [1.29, 1.82) is 0 Å². The Bertz CT molecular complexity index is 376. The minimum atomic E-state index is -1.82. The summed E-state index contributed by atoms with van der Waals surface area (Å²) >= 11 is 1.16. The third-order valence-electron chi connectivity index (χ3n) is 2.80. The molecule has 4 nitrogen and oxygen atoms in total. The van der Waals surface area contributed by atoms with E-state index in [9.17, 15) is 14.6 Å². The van der Waals surface area contributed by atoms with Gasteiger partial charge >= 0.3 is 0 Å². The fourth-order valence-corrected chi connectivity index (χ4v) is 2.84. The van der Waals surface area contributed by atoms with Gasteiger partial charge in [-0.05, 0) is 12.1 Å². The molecule has 1 aromatic carbocycles. The van der Waals surface area contributed by atoms with Gasteiger partial charge in [0.25, 0.3) is 0 Å². The van der Waals surface area contributed by atoms with E-state index in [1.54, 1.807) is 0 Å². The van der Waals surface area contributed by atoms with Crippen molar-refractivity contribution in [3.05, 3.63) is 30.3 Å². The van der Waals surface area contributed by atoms with E-state index in [1.807, 2.05) is 30.3 Å². The molecule has 6 heteroatoms. The van der Waals surface area contributed by atoms with Crippen molar-refractivity contribution in [1.82, 2.24) is 0 Å². The van der Waals surface area contributed by atoms with Gasteiger partial charge in [-0.15, -0.1) is 0 Å². The van der Waals surface area contributed by atoms with Crippen LogP contribution in [0.4, 0.5) is 4.39 Å². The molecule has 0 aliphatic carbocycles. The van der Waals surface area contributed by atoms with Crippen LogP contribution in [0.2, 0.25) is 0 Å². The first-order valence-corrected chi connectivity index (χ1v) is 6.49. The van der Waals surface area contributed by atoms with E-state index in [1.165, 1.54) is 0 Å². The second kappa shape index (κ2) is 5.99. The van der Waals surface area contributed by atoms with Crippen molar-refractivity contribution in [2.24, 2.45) is 0 Å². The smallest absolute Gasteiger partial charge is 0.158 e. The highest BCUT2D eigenvalue weighted by atomic mass is 32.2. The number of halogens is 1. The first-order chi connectivity index (χ1) is 8.63. The first-order valence-electron chi connectivity index (χ1n) is 5.61. The molecule has 1 aliphatic heterocycles. The lowest BCUT2D eigenvalue weighted by molar-refractivity contribution is -0.186. The predicted molar refractivity (Wildman–Crippen MR) is 65.0 cm³/mol. The van der Waals surface area contributed by atoms with E-state index >= 15 is 0 Å². The summed E-state index contributed by atoms with van der Waals surface area (Å²) in [5.74, 6) is 0. The summed E-state index contributed by atoms with van der Waals surface area (Å²) in [4.78, 5) is 0.821. The van der Waals surface area contributed by atoms with Crippen LogP contribution in [0.3, 0.4) is 0 Å². The second-order valence-electron chi connectivity index (χ2n) is 4.08. The van der Waals surface area contributed by atoms with Gasteiger partial charge in [-0.3, -0.25) is 0 Å². The molecule has 1 aliphatic rings. The van der Waals surface area contributed by atoms with Crippen LogP contribution < -0.4 is 0 Å². The average Bonchev–Trinajstić information content (AvgIpc) is 2.40. The summed E-state index contributed by atoms with van der Waals surface area (Å²) in [7, 11) is 0. The van der Waals surface area contributed by atoms with Crippen LogP contribution in [0.25, 0.3) is 0 Å². The van der Waals surface area contributed by atoms with Crippen molar-refractivity contribution < 1.29 is 24.4 Å². The molecule has 0 bridgehead atoms. The average molecular weight is 274 g/mol. The molecule has 100 valence electrons. The summed E-state index contributed by atoms with van der Waals surface area (Å²) < 4.78 is 19.0. The summed E-state index contributed by atoms with van der Waals surface area (Å²) in [6.07, 6.45) is -5.76. The van der Waals surface area contributed by atoms with Gasteiger partial charge in [0.15, 0.2) is 6.17 Å². The maximum absolute atomic E-state index is 13.7. The summed E-state index contributed by atoms with van der Waals surface area (Å²) in [5.41, 5.74) is -0.844. The van der Waals surface area contributed by atoms with Crippen LogP contribution in [0.1, 0.15) is 0 Å². The second-order valence-corrected chi connectivity index (χ2v) is 5.25. The fraction of sp³-hybridized carbons (Fsp3) is 0.500. The minimum absolute atomic E-state index is 0.486. The van der Waals surface area contributed by atoms with E-state index in [2.05, 4.69) is 0 Å². The maximum atomic E-state index is 13.7. The van der Waals surface area contributed by atoms with Gasteiger partial charge in [0.1, 0.15) is 23.7 Å². The van der Waals surface area contributed by atoms with Gasteiger partial charge in [-0.1, -0.05) is 30.0 Å². The van der Waals surface area contributed by atoms with Crippen LogP contribution in [0, 0.1) is 0 Å². The summed E-state index contributed by atoms with van der Waals surface area (Å²) in [5, 5.41) is 28.2. The molecule has 0 radical (unpaired) electrons. The predicted octanol–water partition coefficient (Wildman–Crippen LogP) is 0.556. The number of hydrogen-bond acceptors (Lipinski definition) is 5. The van der Waals surface area contributed by atoms with Gasteiger partial charge in [0, 0.05) is 4.90 Å². The van der Waals surface area contributed by atoms with Crippen molar-refractivity contribution in [3.8, 4) is 0 Å². The molecule has 3 N–H and O–H groups in total. The Morgan fingerprint density at radius 1 is 1.17 bits per heavy atom. The van der Waals surface area contributed by atoms with Gasteiger partial charge < -0.3 is 20.1 Å². The molecular formula is C12H15FO4S. The fourth-order valence-electron chi connectivity index (χ4n) is 1.77. The van der Waals surface area contributed by atoms with Crippen molar-refractivity contribution in [3.63, 3.8) is 0 Å². The molecule has 1 aromatic rings. The lowest BCUT2D eigenvalue weighted by Crippen LogP contribution is -2.55. The third kappa shape index (κ3) is 2.84. The summed E-state index contributed by atoms with van der Waals surface area (Å²) in [6, 6.07) is 9.12. The number of ether oxygens (including phenoxy) is 1. The molecular weight excluding hydrogens is 259 g/mol.